The lowest BCUT2D eigenvalue weighted by molar-refractivity contribution is -0.129. The molecule has 3 aromatic carbocycles. The summed E-state index contributed by atoms with van der Waals surface area (Å²) in [4.78, 5) is 31.6. The predicted molar refractivity (Wildman–Crippen MR) is 152 cm³/mol. The molecule has 1 aliphatic rings. The van der Waals surface area contributed by atoms with Crippen molar-refractivity contribution in [1.82, 2.24) is 9.88 Å². The van der Waals surface area contributed by atoms with Gasteiger partial charge in [0.1, 0.15) is 5.75 Å². The number of aromatic amines is 1. The fourth-order valence-corrected chi connectivity index (χ4v) is 5.01. The van der Waals surface area contributed by atoms with Crippen LogP contribution in [-0.4, -0.2) is 52.0 Å². The molecular weight excluding hydrogens is 508 g/mol. The molecule has 1 amide bonds. The number of fused-ring (bicyclic) bond motifs is 1. The number of aliphatic hydroxyl groups excluding tert-OH is 1. The Morgan fingerprint density at radius 1 is 1.07 bits per heavy atom. The zero-order valence-electron chi connectivity index (χ0n) is 22.3. The Labute approximate surface area is 231 Å². The third kappa shape index (κ3) is 5.16. The first-order chi connectivity index (χ1) is 19.4. The first kappa shape index (κ1) is 26.6. The maximum Gasteiger partial charge on any atom is 0.290 e. The summed E-state index contributed by atoms with van der Waals surface area (Å²) < 4.78 is 10.9. The number of amides is 1. The number of aliphatic hydroxyl groups is 1. The average Bonchev–Trinajstić information content (AvgIpc) is 3.49. The van der Waals surface area contributed by atoms with Crippen LogP contribution in [0.3, 0.4) is 0 Å². The molecule has 0 saturated heterocycles. The van der Waals surface area contributed by atoms with Crippen molar-refractivity contribution in [3.8, 4) is 17.2 Å². The summed E-state index contributed by atoms with van der Waals surface area (Å²) >= 11 is 0. The van der Waals surface area contributed by atoms with Gasteiger partial charge in [0, 0.05) is 23.6 Å². The number of carbonyl (C=O) groups is 2. The monoisotopic (exact) mass is 538 g/mol. The standard InChI is InChI=1S/C32H30N2O6/c1-3-40-28-17-21(10-14-26(28)35)30-29(27(36)13-9-20-7-5-4-6-8-20)31(37)32(38)34(30)16-15-22-19-33-25-12-11-23(39-2)18-24(22)25/h4-14,17-19,30,33,35,37H,3,15-16H2,1-2H3/b13-9+/t30-/m0/s1. The largest absolute Gasteiger partial charge is 0.504 e. The number of aromatic nitrogens is 1. The van der Waals surface area contributed by atoms with Crippen molar-refractivity contribution in [2.75, 3.05) is 20.3 Å². The van der Waals surface area contributed by atoms with E-state index in [0.29, 0.717) is 24.3 Å². The van der Waals surface area contributed by atoms with Gasteiger partial charge in [-0.05, 0) is 66.4 Å². The Morgan fingerprint density at radius 2 is 1.88 bits per heavy atom. The SMILES string of the molecule is CCOc1cc([C@H]2C(C(=O)/C=C/c3ccccc3)=C(O)C(=O)N2CCc2c[nH]c3ccc(OC)cc23)ccc1O. The molecule has 0 spiro atoms. The number of nitrogens with one attached hydrogen (secondary N) is 1. The maximum absolute atomic E-state index is 13.5. The zero-order valence-corrected chi connectivity index (χ0v) is 22.3. The van der Waals surface area contributed by atoms with Crippen molar-refractivity contribution >= 4 is 28.7 Å². The summed E-state index contributed by atoms with van der Waals surface area (Å²) in [5.74, 6) is -0.809. The number of ether oxygens (including phenoxy) is 2. The minimum Gasteiger partial charge on any atom is -0.504 e. The number of methoxy groups -OCH3 is 1. The van der Waals surface area contributed by atoms with Gasteiger partial charge in [-0.3, -0.25) is 9.59 Å². The normalized spacial score (nSPS) is 15.4. The van der Waals surface area contributed by atoms with E-state index >= 15 is 0 Å². The van der Waals surface area contributed by atoms with Gasteiger partial charge in [-0.2, -0.15) is 0 Å². The number of benzene rings is 3. The molecule has 8 nitrogen and oxygen atoms in total. The van der Waals surface area contributed by atoms with Crippen molar-refractivity contribution in [3.05, 3.63) is 107 Å². The number of aromatic hydroxyl groups is 1. The van der Waals surface area contributed by atoms with E-state index < -0.39 is 23.5 Å². The summed E-state index contributed by atoms with van der Waals surface area (Å²) in [6.07, 6.45) is 5.35. The van der Waals surface area contributed by atoms with E-state index in [4.69, 9.17) is 9.47 Å². The van der Waals surface area contributed by atoms with E-state index in [1.807, 2.05) is 54.7 Å². The molecular formula is C32H30N2O6. The van der Waals surface area contributed by atoms with Crippen LogP contribution in [0.1, 0.15) is 29.7 Å². The summed E-state index contributed by atoms with van der Waals surface area (Å²) in [6.45, 7) is 2.34. The molecule has 5 rings (SSSR count). The summed E-state index contributed by atoms with van der Waals surface area (Å²) in [5.41, 5.74) is 3.22. The van der Waals surface area contributed by atoms with Gasteiger partial charge in [0.15, 0.2) is 23.0 Å². The molecule has 3 N–H and O–H groups in total. The number of phenols is 1. The number of rotatable bonds is 10. The molecule has 1 atom stereocenters. The highest BCUT2D eigenvalue weighted by Crippen LogP contribution is 2.41. The predicted octanol–water partition coefficient (Wildman–Crippen LogP) is 5.50. The van der Waals surface area contributed by atoms with Crippen LogP contribution in [0.4, 0.5) is 0 Å². The van der Waals surface area contributed by atoms with Crippen LogP contribution < -0.4 is 9.47 Å². The van der Waals surface area contributed by atoms with Gasteiger partial charge in [-0.1, -0.05) is 42.5 Å². The molecule has 8 heteroatoms. The lowest BCUT2D eigenvalue weighted by Gasteiger charge is -2.27. The fourth-order valence-electron chi connectivity index (χ4n) is 5.01. The second kappa shape index (κ2) is 11.4. The summed E-state index contributed by atoms with van der Waals surface area (Å²) in [7, 11) is 1.61. The van der Waals surface area contributed by atoms with E-state index in [9.17, 15) is 19.8 Å². The number of hydrogen-bond acceptors (Lipinski definition) is 6. The van der Waals surface area contributed by atoms with E-state index in [2.05, 4.69) is 4.98 Å². The summed E-state index contributed by atoms with van der Waals surface area (Å²) in [6, 6.07) is 18.8. The first-order valence-corrected chi connectivity index (χ1v) is 13.0. The zero-order chi connectivity index (χ0) is 28.2. The van der Waals surface area contributed by atoms with Crippen LogP contribution in [0.15, 0.2) is 90.3 Å². The van der Waals surface area contributed by atoms with Gasteiger partial charge in [0.2, 0.25) is 0 Å². The van der Waals surface area contributed by atoms with Crippen LogP contribution in [-0.2, 0) is 16.0 Å². The minimum atomic E-state index is -0.875. The number of hydrogen-bond donors (Lipinski definition) is 3. The van der Waals surface area contributed by atoms with Gasteiger partial charge in [0.25, 0.3) is 5.91 Å². The molecule has 0 unspecified atom stereocenters. The second-order valence-electron chi connectivity index (χ2n) is 9.41. The fraction of sp³-hybridized carbons (Fsp3) is 0.188. The van der Waals surface area contributed by atoms with Gasteiger partial charge in [0.05, 0.1) is 25.3 Å². The van der Waals surface area contributed by atoms with Crippen LogP contribution in [0.25, 0.3) is 17.0 Å². The van der Waals surface area contributed by atoms with Crippen molar-refractivity contribution in [1.29, 1.82) is 0 Å². The third-order valence-corrected chi connectivity index (χ3v) is 6.99. The number of ketones is 1. The van der Waals surface area contributed by atoms with Crippen LogP contribution in [0.5, 0.6) is 17.2 Å². The lowest BCUT2D eigenvalue weighted by Crippen LogP contribution is -2.33. The Balaban J connectivity index is 1.50. The topological polar surface area (TPSA) is 112 Å². The van der Waals surface area contributed by atoms with E-state index in [1.165, 1.54) is 17.0 Å². The minimum absolute atomic E-state index is 0.0223. The van der Waals surface area contributed by atoms with Crippen LogP contribution in [0.2, 0.25) is 0 Å². The van der Waals surface area contributed by atoms with Crippen molar-refractivity contribution in [3.63, 3.8) is 0 Å². The highest BCUT2D eigenvalue weighted by Gasteiger charge is 2.43. The second-order valence-corrected chi connectivity index (χ2v) is 9.41. The molecule has 1 aliphatic heterocycles. The molecule has 1 aromatic heterocycles. The van der Waals surface area contributed by atoms with E-state index in [-0.39, 0.29) is 23.6 Å². The number of H-pyrrole nitrogens is 1. The van der Waals surface area contributed by atoms with Gasteiger partial charge >= 0.3 is 0 Å². The number of nitrogens with zero attached hydrogens (tertiary/aromatic N) is 1. The molecule has 0 bridgehead atoms. The molecule has 0 fully saturated rings. The van der Waals surface area contributed by atoms with Gasteiger partial charge < -0.3 is 29.6 Å². The van der Waals surface area contributed by atoms with E-state index in [0.717, 1.165) is 22.0 Å². The van der Waals surface area contributed by atoms with Gasteiger partial charge in [-0.25, -0.2) is 0 Å². The Kier molecular flexibility index (Phi) is 7.59. The molecule has 40 heavy (non-hydrogen) atoms. The van der Waals surface area contributed by atoms with Crippen molar-refractivity contribution in [2.45, 2.75) is 19.4 Å². The third-order valence-electron chi connectivity index (χ3n) is 6.99. The number of allylic oxidation sites excluding steroid dienone is 1. The smallest absolute Gasteiger partial charge is 0.290 e. The molecule has 0 saturated carbocycles. The van der Waals surface area contributed by atoms with Crippen LogP contribution in [0, 0.1) is 0 Å². The Bertz CT molecular complexity index is 1620. The average molecular weight is 539 g/mol. The maximum atomic E-state index is 13.5. The molecule has 2 heterocycles. The lowest BCUT2D eigenvalue weighted by atomic mass is 9.95. The van der Waals surface area contributed by atoms with Gasteiger partial charge in [-0.15, -0.1) is 0 Å². The molecule has 0 aliphatic carbocycles. The van der Waals surface area contributed by atoms with Crippen molar-refractivity contribution in [2.24, 2.45) is 0 Å². The number of phenolic OH excluding ortho intramolecular Hbond substituents is 1. The molecule has 4 aromatic rings. The Morgan fingerprint density at radius 3 is 2.62 bits per heavy atom. The van der Waals surface area contributed by atoms with E-state index in [1.54, 1.807) is 32.2 Å². The number of carbonyl (C=O) groups excluding carboxylic acids is 2. The summed E-state index contributed by atoms with van der Waals surface area (Å²) in [5, 5.41) is 22.2. The first-order valence-electron chi connectivity index (χ1n) is 13.0. The van der Waals surface area contributed by atoms with Crippen molar-refractivity contribution < 1.29 is 29.3 Å². The quantitative estimate of drug-likeness (QED) is 0.230. The highest BCUT2D eigenvalue weighted by atomic mass is 16.5. The van der Waals surface area contributed by atoms with Crippen LogP contribution >= 0.6 is 0 Å². The molecule has 204 valence electrons. The molecule has 0 radical (unpaired) electrons. The highest BCUT2D eigenvalue weighted by molar-refractivity contribution is 6.14. The Hall–Kier alpha value is -4.98.